The Kier molecular flexibility index (Phi) is 4.81. The minimum absolute atomic E-state index is 0.0866. The molecule has 0 aliphatic rings. The van der Waals surface area contributed by atoms with E-state index in [9.17, 15) is 8.78 Å². The van der Waals surface area contributed by atoms with Crippen molar-refractivity contribution < 1.29 is 13.5 Å². The van der Waals surface area contributed by atoms with Gasteiger partial charge in [-0.05, 0) is 42.8 Å². The first-order chi connectivity index (χ1) is 9.51. The molecule has 0 bridgehead atoms. The van der Waals surface area contributed by atoms with Crippen molar-refractivity contribution in [2.24, 2.45) is 5.73 Å². The summed E-state index contributed by atoms with van der Waals surface area (Å²) in [6, 6.07) is 6.79. The molecule has 0 aliphatic heterocycles. The van der Waals surface area contributed by atoms with Crippen LogP contribution in [0.5, 0.6) is 11.5 Å². The summed E-state index contributed by atoms with van der Waals surface area (Å²) in [5.74, 6) is -2.06. The third kappa shape index (κ3) is 3.39. The predicted molar refractivity (Wildman–Crippen MR) is 75.7 cm³/mol. The molecule has 0 aliphatic carbocycles. The van der Waals surface area contributed by atoms with Gasteiger partial charge in [-0.2, -0.15) is 0 Å². The largest absolute Gasteiger partial charge is 0.450 e. The predicted octanol–water partition coefficient (Wildman–Crippen LogP) is 4.57. The van der Waals surface area contributed by atoms with Gasteiger partial charge in [-0.3, -0.25) is 0 Å². The Labute approximate surface area is 125 Å². The van der Waals surface area contributed by atoms with Crippen molar-refractivity contribution in [3.05, 3.63) is 57.6 Å². The van der Waals surface area contributed by atoms with Gasteiger partial charge in [0.15, 0.2) is 17.4 Å². The number of halogens is 4. The van der Waals surface area contributed by atoms with Gasteiger partial charge in [0.2, 0.25) is 0 Å². The molecule has 2 nitrogen and oxygen atoms in total. The van der Waals surface area contributed by atoms with Crippen LogP contribution in [0.1, 0.15) is 5.56 Å². The zero-order chi connectivity index (χ0) is 14.7. The van der Waals surface area contributed by atoms with Crippen LogP contribution >= 0.6 is 23.2 Å². The summed E-state index contributed by atoms with van der Waals surface area (Å²) in [6.07, 6.45) is 0.381. The molecule has 106 valence electrons. The average Bonchev–Trinajstić information content (AvgIpc) is 2.38. The normalized spacial score (nSPS) is 10.7. The molecule has 6 heteroatoms. The van der Waals surface area contributed by atoms with Crippen molar-refractivity contribution in [2.75, 3.05) is 6.54 Å². The first-order valence-electron chi connectivity index (χ1n) is 5.82. The summed E-state index contributed by atoms with van der Waals surface area (Å²) in [7, 11) is 0. The summed E-state index contributed by atoms with van der Waals surface area (Å²) >= 11 is 11.7. The van der Waals surface area contributed by atoms with Gasteiger partial charge in [0, 0.05) is 11.1 Å². The fourth-order valence-electron chi connectivity index (χ4n) is 1.69. The van der Waals surface area contributed by atoms with Gasteiger partial charge >= 0.3 is 0 Å². The second kappa shape index (κ2) is 6.39. The number of benzene rings is 2. The summed E-state index contributed by atoms with van der Waals surface area (Å²) in [5, 5.41) is 0.559. The summed E-state index contributed by atoms with van der Waals surface area (Å²) in [5.41, 5.74) is 5.82. The molecule has 0 heterocycles. The van der Waals surface area contributed by atoms with Crippen molar-refractivity contribution >= 4 is 23.2 Å². The molecule has 0 saturated carbocycles. The maximum atomic E-state index is 13.9. The van der Waals surface area contributed by atoms with Crippen molar-refractivity contribution in [1.82, 2.24) is 0 Å². The van der Waals surface area contributed by atoms with Gasteiger partial charge in [0.25, 0.3) is 0 Å². The Hall–Kier alpha value is -1.36. The highest BCUT2D eigenvalue weighted by Crippen LogP contribution is 2.34. The molecule has 0 spiro atoms. The average molecular weight is 318 g/mol. The Morgan fingerprint density at radius 3 is 2.30 bits per heavy atom. The van der Waals surface area contributed by atoms with E-state index in [-0.39, 0.29) is 10.8 Å². The third-order valence-corrected chi connectivity index (χ3v) is 3.14. The molecule has 0 atom stereocenters. The van der Waals surface area contributed by atoms with Crippen LogP contribution in [0.15, 0.2) is 30.3 Å². The molecule has 2 aromatic carbocycles. The van der Waals surface area contributed by atoms with Crippen molar-refractivity contribution in [3.8, 4) is 11.5 Å². The maximum absolute atomic E-state index is 13.9. The van der Waals surface area contributed by atoms with E-state index in [2.05, 4.69) is 0 Å². The van der Waals surface area contributed by atoms with Gasteiger partial charge < -0.3 is 10.5 Å². The number of ether oxygens (including phenoxy) is 1. The molecule has 0 radical (unpaired) electrons. The minimum atomic E-state index is -0.815. The maximum Gasteiger partial charge on any atom is 0.198 e. The zero-order valence-corrected chi connectivity index (χ0v) is 11.8. The van der Waals surface area contributed by atoms with Crippen LogP contribution in [0, 0.1) is 11.6 Å². The third-order valence-electron chi connectivity index (χ3n) is 2.60. The van der Waals surface area contributed by atoms with E-state index in [4.69, 9.17) is 33.7 Å². The molecule has 0 unspecified atom stereocenters. The Balaban J connectivity index is 2.36. The number of hydrogen-bond donors (Lipinski definition) is 1. The summed E-state index contributed by atoms with van der Waals surface area (Å²) in [6.45, 7) is 0.305. The lowest BCUT2D eigenvalue weighted by molar-refractivity contribution is 0.406. The van der Waals surface area contributed by atoms with Gasteiger partial charge in [-0.25, -0.2) is 8.78 Å². The van der Waals surface area contributed by atoms with Gasteiger partial charge in [0.1, 0.15) is 5.75 Å². The number of hydrogen-bond acceptors (Lipinski definition) is 2. The second-order valence-corrected chi connectivity index (χ2v) is 4.95. The first kappa shape index (κ1) is 15.0. The highest BCUT2D eigenvalue weighted by Gasteiger charge is 2.15. The molecular formula is C14H11Cl2F2NO. The lowest BCUT2D eigenvalue weighted by Crippen LogP contribution is -2.04. The van der Waals surface area contributed by atoms with Gasteiger partial charge in [0.05, 0.1) is 5.02 Å². The molecule has 20 heavy (non-hydrogen) atoms. The number of rotatable bonds is 4. The van der Waals surface area contributed by atoms with E-state index < -0.39 is 17.4 Å². The fourth-order valence-corrected chi connectivity index (χ4v) is 2.00. The highest BCUT2D eigenvalue weighted by molar-refractivity contribution is 6.34. The van der Waals surface area contributed by atoms with Crippen molar-refractivity contribution in [2.45, 2.75) is 6.42 Å². The monoisotopic (exact) mass is 317 g/mol. The van der Waals surface area contributed by atoms with Crippen LogP contribution in [-0.4, -0.2) is 6.54 Å². The van der Waals surface area contributed by atoms with E-state index in [1.807, 2.05) is 0 Å². The van der Waals surface area contributed by atoms with E-state index in [1.165, 1.54) is 24.3 Å². The van der Waals surface area contributed by atoms with Crippen LogP contribution in [0.3, 0.4) is 0 Å². The molecule has 0 fully saturated rings. The first-order valence-corrected chi connectivity index (χ1v) is 6.57. The minimum Gasteiger partial charge on any atom is -0.450 e. The molecule has 0 amide bonds. The van der Waals surface area contributed by atoms with Crippen molar-refractivity contribution in [1.29, 1.82) is 0 Å². The molecule has 2 aromatic rings. The van der Waals surface area contributed by atoms with E-state index >= 15 is 0 Å². The molecule has 0 saturated heterocycles. The van der Waals surface area contributed by atoms with Crippen LogP contribution < -0.4 is 10.5 Å². The van der Waals surface area contributed by atoms with Crippen LogP contribution in [0.25, 0.3) is 0 Å². The van der Waals surface area contributed by atoms with Gasteiger partial charge in [-0.15, -0.1) is 0 Å². The Morgan fingerprint density at radius 1 is 1.05 bits per heavy atom. The number of nitrogens with two attached hydrogens (primary N) is 1. The van der Waals surface area contributed by atoms with Gasteiger partial charge in [-0.1, -0.05) is 23.2 Å². The van der Waals surface area contributed by atoms with E-state index in [0.29, 0.717) is 23.6 Å². The SMILES string of the molecule is NCCc1cc(F)c(Oc2cc(Cl)ccc2Cl)c(F)c1. The highest BCUT2D eigenvalue weighted by atomic mass is 35.5. The standard InChI is InChI=1S/C14H11Cl2F2NO/c15-9-1-2-10(16)13(7-9)20-14-11(17)5-8(3-4-19)6-12(14)18/h1-2,5-7H,3-4,19H2. The Morgan fingerprint density at radius 2 is 1.70 bits per heavy atom. The fraction of sp³-hybridized carbons (Fsp3) is 0.143. The van der Waals surface area contributed by atoms with E-state index in [0.717, 1.165) is 0 Å². The van der Waals surface area contributed by atoms with Crippen LogP contribution in [-0.2, 0) is 6.42 Å². The molecule has 2 N–H and O–H groups in total. The lowest BCUT2D eigenvalue weighted by atomic mass is 10.1. The Bertz CT molecular complexity index is 612. The van der Waals surface area contributed by atoms with Crippen molar-refractivity contribution in [3.63, 3.8) is 0 Å². The summed E-state index contributed by atoms with van der Waals surface area (Å²) < 4.78 is 32.9. The topological polar surface area (TPSA) is 35.2 Å². The summed E-state index contributed by atoms with van der Waals surface area (Å²) in [4.78, 5) is 0. The van der Waals surface area contributed by atoms with Crippen LogP contribution in [0.4, 0.5) is 8.78 Å². The molecule has 0 aromatic heterocycles. The second-order valence-electron chi connectivity index (χ2n) is 4.10. The lowest BCUT2D eigenvalue weighted by Gasteiger charge is -2.11. The quantitative estimate of drug-likeness (QED) is 0.896. The smallest absolute Gasteiger partial charge is 0.198 e. The van der Waals surface area contributed by atoms with Crippen LogP contribution in [0.2, 0.25) is 10.0 Å². The molecule has 2 rings (SSSR count). The molecular weight excluding hydrogens is 307 g/mol. The zero-order valence-electron chi connectivity index (χ0n) is 10.3. The van der Waals surface area contributed by atoms with E-state index in [1.54, 1.807) is 6.07 Å².